The van der Waals surface area contributed by atoms with Crippen LogP contribution in [0.1, 0.15) is 29.5 Å². The lowest BCUT2D eigenvalue weighted by atomic mass is 9.82. The van der Waals surface area contributed by atoms with Crippen LogP contribution in [-0.2, 0) is 19.4 Å². The lowest BCUT2D eigenvalue weighted by Gasteiger charge is -2.26. The molecule has 0 saturated heterocycles. The molecule has 2 aromatic rings. The van der Waals surface area contributed by atoms with Crippen molar-refractivity contribution in [1.82, 2.24) is 9.88 Å². The van der Waals surface area contributed by atoms with Gasteiger partial charge in [0.15, 0.2) is 0 Å². The van der Waals surface area contributed by atoms with E-state index in [1.807, 2.05) is 18.3 Å². The molecule has 1 aliphatic rings. The molecule has 128 valence electrons. The van der Waals surface area contributed by atoms with Crippen molar-refractivity contribution in [2.24, 2.45) is 5.92 Å². The van der Waals surface area contributed by atoms with Crippen molar-refractivity contribution in [3.63, 3.8) is 0 Å². The Morgan fingerprint density at radius 1 is 1.21 bits per heavy atom. The van der Waals surface area contributed by atoms with Gasteiger partial charge in [-0.05, 0) is 97.5 Å². The third kappa shape index (κ3) is 4.81. The van der Waals surface area contributed by atoms with E-state index in [0.29, 0.717) is 6.61 Å². The quantitative estimate of drug-likeness (QED) is 0.682. The first kappa shape index (κ1) is 17.4. The molecule has 0 bridgehead atoms. The summed E-state index contributed by atoms with van der Waals surface area (Å²) in [5.74, 6) is 1.78. The Hall–Kier alpha value is -1.39. The van der Waals surface area contributed by atoms with Crippen LogP contribution in [0.5, 0.6) is 5.75 Å². The standard InChI is InChI=1S/C20H25BrN2O/c1-23(2)10-9-15-3-5-18-12-19(7-6-17(18)11-15)24-14-16-4-8-20(21)22-13-16/h4,6-8,12-13,15H,3,5,9-11,14H2,1-2H3. The maximum absolute atomic E-state index is 5.94. The van der Waals surface area contributed by atoms with Crippen LogP contribution < -0.4 is 4.74 Å². The second-order valence-electron chi connectivity index (χ2n) is 6.91. The molecule has 24 heavy (non-hydrogen) atoms. The van der Waals surface area contributed by atoms with Crippen molar-refractivity contribution < 1.29 is 4.74 Å². The number of benzene rings is 1. The summed E-state index contributed by atoms with van der Waals surface area (Å²) in [5.41, 5.74) is 4.05. The van der Waals surface area contributed by atoms with Crippen molar-refractivity contribution in [2.45, 2.75) is 32.3 Å². The van der Waals surface area contributed by atoms with Gasteiger partial charge in [-0.15, -0.1) is 0 Å². The minimum absolute atomic E-state index is 0.560. The molecule has 1 atom stereocenters. The van der Waals surface area contributed by atoms with Gasteiger partial charge >= 0.3 is 0 Å². The summed E-state index contributed by atoms with van der Waals surface area (Å²) >= 11 is 3.35. The Morgan fingerprint density at radius 2 is 2.08 bits per heavy atom. The molecule has 0 radical (unpaired) electrons. The molecule has 3 nitrogen and oxygen atoms in total. The summed E-state index contributed by atoms with van der Waals surface area (Å²) in [7, 11) is 4.31. The zero-order valence-corrected chi connectivity index (χ0v) is 16.1. The van der Waals surface area contributed by atoms with Crippen molar-refractivity contribution in [2.75, 3.05) is 20.6 Å². The summed E-state index contributed by atoms with van der Waals surface area (Å²) in [4.78, 5) is 6.51. The zero-order valence-electron chi connectivity index (χ0n) is 14.5. The molecule has 1 unspecified atom stereocenters. The van der Waals surface area contributed by atoms with Crippen molar-refractivity contribution in [3.8, 4) is 5.75 Å². The van der Waals surface area contributed by atoms with E-state index < -0.39 is 0 Å². The van der Waals surface area contributed by atoms with Gasteiger partial charge in [0.25, 0.3) is 0 Å². The van der Waals surface area contributed by atoms with E-state index in [1.54, 1.807) is 0 Å². The molecule has 0 spiro atoms. The summed E-state index contributed by atoms with van der Waals surface area (Å²) in [5, 5.41) is 0. The summed E-state index contributed by atoms with van der Waals surface area (Å²) < 4.78 is 6.79. The Balaban J connectivity index is 1.57. The highest BCUT2D eigenvalue weighted by Gasteiger charge is 2.19. The number of ether oxygens (including phenoxy) is 1. The first-order chi connectivity index (χ1) is 11.6. The topological polar surface area (TPSA) is 25.4 Å². The van der Waals surface area contributed by atoms with Crippen LogP contribution in [0.3, 0.4) is 0 Å². The number of pyridine rings is 1. The number of hydrogen-bond acceptors (Lipinski definition) is 3. The first-order valence-electron chi connectivity index (χ1n) is 8.60. The largest absolute Gasteiger partial charge is 0.489 e. The van der Waals surface area contributed by atoms with Gasteiger partial charge in [-0.3, -0.25) is 0 Å². The zero-order chi connectivity index (χ0) is 16.9. The van der Waals surface area contributed by atoms with E-state index in [9.17, 15) is 0 Å². The molecule has 0 aliphatic heterocycles. The smallest absolute Gasteiger partial charge is 0.120 e. The minimum Gasteiger partial charge on any atom is -0.489 e. The van der Waals surface area contributed by atoms with E-state index >= 15 is 0 Å². The van der Waals surface area contributed by atoms with Gasteiger partial charge in [0.1, 0.15) is 17.0 Å². The average Bonchev–Trinajstić information content (AvgIpc) is 2.59. The lowest BCUT2D eigenvalue weighted by Crippen LogP contribution is -2.21. The highest BCUT2D eigenvalue weighted by atomic mass is 79.9. The molecule has 1 aromatic heterocycles. The Kier molecular flexibility index (Phi) is 5.90. The van der Waals surface area contributed by atoms with Crippen molar-refractivity contribution in [1.29, 1.82) is 0 Å². The van der Waals surface area contributed by atoms with Crippen molar-refractivity contribution in [3.05, 3.63) is 57.8 Å². The third-order valence-corrected chi connectivity index (χ3v) is 5.16. The number of hydrogen-bond donors (Lipinski definition) is 0. The third-order valence-electron chi connectivity index (χ3n) is 4.69. The Bertz CT molecular complexity index is 670. The molecule has 1 heterocycles. The second-order valence-corrected chi connectivity index (χ2v) is 7.72. The normalized spacial score (nSPS) is 16.9. The van der Waals surface area contributed by atoms with Gasteiger partial charge in [-0.1, -0.05) is 12.1 Å². The fourth-order valence-corrected chi connectivity index (χ4v) is 3.48. The minimum atomic E-state index is 0.560. The van der Waals surface area contributed by atoms with Crippen LogP contribution in [0, 0.1) is 5.92 Å². The maximum Gasteiger partial charge on any atom is 0.120 e. The fourth-order valence-electron chi connectivity index (χ4n) is 3.24. The van der Waals surface area contributed by atoms with Crippen LogP contribution in [0.4, 0.5) is 0 Å². The van der Waals surface area contributed by atoms with E-state index in [0.717, 1.165) is 21.8 Å². The lowest BCUT2D eigenvalue weighted by molar-refractivity contribution is 0.303. The van der Waals surface area contributed by atoms with Gasteiger partial charge in [-0.25, -0.2) is 4.98 Å². The van der Waals surface area contributed by atoms with Crippen molar-refractivity contribution >= 4 is 15.9 Å². The van der Waals surface area contributed by atoms with Crippen LogP contribution >= 0.6 is 15.9 Å². The van der Waals surface area contributed by atoms with Crippen LogP contribution in [0.15, 0.2) is 41.1 Å². The number of fused-ring (bicyclic) bond motifs is 1. The van der Waals surface area contributed by atoms with Gasteiger partial charge in [0, 0.05) is 11.8 Å². The summed E-state index contributed by atoms with van der Waals surface area (Å²) in [6.45, 7) is 1.74. The molecule has 3 rings (SSSR count). The van der Waals surface area contributed by atoms with Gasteiger partial charge in [0.2, 0.25) is 0 Å². The Labute approximate surface area is 153 Å². The maximum atomic E-state index is 5.94. The van der Waals surface area contributed by atoms with Gasteiger partial charge in [0.05, 0.1) is 0 Å². The first-order valence-corrected chi connectivity index (χ1v) is 9.39. The van der Waals surface area contributed by atoms with Crippen LogP contribution in [0.25, 0.3) is 0 Å². The molecule has 0 fully saturated rings. The molecule has 0 N–H and O–H groups in total. The molecule has 4 heteroatoms. The SMILES string of the molecule is CN(C)CCC1CCc2cc(OCc3ccc(Br)nc3)ccc2C1. The van der Waals surface area contributed by atoms with E-state index in [-0.39, 0.29) is 0 Å². The van der Waals surface area contributed by atoms with Crippen LogP contribution in [0.2, 0.25) is 0 Å². The monoisotopic (exact) mass is 388 g/mol. The van der Waals surface area contributed by atoms with Gasteiger partial charge in [-0.2, -0.15) is 0 Å². The molecule has 0 amide bonds. The molecular formula is C20H25BrN2O. The number of aryl methyl sites for hydroxylation is 1. The predicted octanol–water partition coefficient (Wildman–Crippen LogP) is 4.48. The molecule has 1 aliphatic carbocycles. The predicted molar refractivity (Wildman–Crippen MR) is 101 cm³/mol. The van der Waals surface area contributed by atoms with Gasteiger partial charge < -0.3 is 9.64 Å². The summed E-state index contributed by atoms with van der Waals surface area (Å²) in [6, 6.07) is 10.6. The number of halogens is 1. The van der Waals surface area contributed by atoms with E-state index in [1.165, 1.54) is 43.4 Å². The second kappa shape index (κ2) is 8.13. The number of aromatic nitrogens is 1. The highest BCUT2D eigenvalue weighted by Crippen LogP contribution is 2.30. The highest BCUT2D eigenvalue weighted by molar-refractivity contribution is 9.10. The fraction of sp³-hybridized carbons (Fsp3) is 0.450. The van der Waals surface area contributed by atoms with Crippen LogP contribution in [-0.4, -0.2) is 30.5 Å². The molecule has 1 aromatic carbocycles. The summed E-state index contributed by atoms with van der Waals surface area (Å²) in [6.07, 6.45) is 6.81. The molecule has 0 saturated carbocycles. The number of rotatable bonds is 6. The van der Waals surface area contributed by atoms with E-state index in [2.05, 4.69) is 58.1 Å². The molecular weight excluding hydrogens is 364 g/mol. The van der Waals surface area contributed by atoms with E-state index in [4.69, 9.17) is 4.74 Å². The number of nitrogens with zero attached hydrogens (tertiary/aromatic N) is 2. The Morgan fingerprint density at radius 3 is 2.83 bits per heavy atom. The average molecular weight is 389 g/mol.